The standard InChI is InChI=1S/C47H87NO7/c1-6-8-10-12-14-16-18-20-21-22-23-24-26-27-29-31-33-35-37-45(49)54-42-43(41-53-40-39-44(47(51)52)48(3,4)5)55-46(50)38-36-34-32-30-28-25-19-17-15-13-11-9-7-2/h25,28,32,34,43-44H,6-24,26-27,29-31,33,35-42H2,1-5H3/p+1/b28-25+,34-32+. The van der Waals surface area contributed by atoms with Gasteiger partial charge in [-0.1, -0.05) is 179 Å². The predicted molar refractivity (Wildman–Crippen MR) is 229 cm³/mol. The van der Waals surface area contributed by atoms with Gasteiger partial charge >= 0.3 is 17.9 Å². The number of carbonyl (C=O) groups excluding carboxylic acids is 2. The van der Waals surface area contributed by atoms with Gasteiger partial charge in [-0.3, -0.25) is 9.59 Å². The Kier molecular flexibility index (Phi) is 37.1. The first-order valence-electron chi connectivity index (χ1n) is 22.9. The van der Waals surface area contributed by atoms with Gasteiger partial charge in [0.15, 0.2) is 12.1 Å². The summed E-state index contributed by atoms with van der Waals surface area (Å²) < 4.78 is 17.2. The van der Waals surface area contributed by atoms with Gasteiger partial charge in [0.25, 0.3) is 0 Å². The fourth-order valence-corrected chi connectivity index (χ4v) is 6.79. The van der Waals surface area contributed by atoms with Gasteiger partial charge < -0.3 is 23.8 Å². The number of unbranched alkanes of at least 4 members (excludes halogenated alkanes) is 23. The number of likely N-dealkylation sites (N-methyl/N-ethyl adjacent to an activating group) is 1. The number of hydrogen-bond acceptors (Lipinski definition) is 6. The van der Waals surface area contributed by atoms with Crippen molar-refractivity contribution >= 4 is 17.9 Å². The number of carboxylic acids is 1. The molecule has 0 aliphatic rings. The molecule has 0 aromatic rings. The molecule has 0 spiro atoms. The maximum absolute atomic E-state index is 12.7. The van der Waals surface area contributed by atoms with Crippen molar-refractivity contribution in [2.24, 2.45) is 0 Å². The highest BCUT2D eigenvalue weighted by molar-refractivity contribution is 5.72. The van der Waals surface area contributed by atoms with E-state index in [-0.39, 0.29) is 42.7 Å². The number of carboxylic acid groups (broad SMARTS) is 1. The van der Waals surface area contributed by atoms with E-state index in [1.165, 1.54) is 135 Å². The molecule has 0 bridgehead atoms. The van der Waals surface area contributed by atoms with Gasteiger partial charge in [-0.15, -0.1) is 0 Å². The minimum Gasteiger partial charge on any atom is -0.477 e. The summed E-state index contributed by atoms with van der Waals surface area (Å²) in [5.41, 5.74) is 0. The molecule has 0 saturated heterocycles. The first-order valence-corrected chi connectivity index (χ1v) is 22.9. The number of allylic oxidation sites excluding steroid dienone is 4. The van der Waals surface area contributed by atoms with Crippen LogP contribution in [0.4, 0.5) is 0 Å². The average Bonchev–Trinajstić information content (AvgIpc) is 3.14. The molecule has 8 heteroatoms. The van der Waals surface area contributed by atoms with Crippen LogP contribution in [0.2, 0.25) is 0 Å². The van der Waals surface area contributed by atoms with Crippen molar-refractivity contribution in [3.8, 4) is 0 Å². The third kappa shape index (κ3) is 37.2. The lowest BCUT2D eigenvalue weighted by Crippen LogP contribution is -2.50. The van der Waals surface area contributed by atoms with Crippen molar-refractivity contribution in [3.63, 3.8) is 0 Å². The maximum atomic E-state index is 12.7. The molecular weight excluding hydrogens is 691 g/mol. The molecule has 0 fully saturated rings. The highest BCUT2D eigenvalue weighted by Gasteiger charge is 2.31. The Hall–Kier alpha value is -2.19. The summed E-state index contributed by atoms with van der Waals surface area (Å²) in [6, 6.07) is -0.620. The number of esters is 2. The van der Waals surface area contributed by atoms with Gasteiger partial charge in [-0.05, 0) is 32.1 Å². The largest absolute Gasteiger partial charge is 0.477 e. The first kappa shape index (κ1) is 52.8. The van der Waals surface area contributed by atoms with E-state index >= 15 is 0 Å². The van der Waals surface area contributed by atoms with Crippen LogP contribution in [0.15, 0.2) is 24.3 Å². The number of nitrogens with zero attached hydrogens (tertiary/aromatic N) is 1. The van der Waals surface area contributed by atoms with Gasteiger partial charge in [0.05, 0.1) is 34.4 Å². The van der Waals surface area contributed by atoms with Crippen LogP contribution in [0, 0.1) is 0 Å². The molecule has 55 heavy (non-hydrogen) atoms. The van der Waals surface area contributed by atoms with Crippen molar-refractivity contribution < 1.29 is 38.2 Å². The molecule has 8 nitrogen and oxygen atoms in total. The summed E-state index contributed by atoms with van der Waals surface area (Å²) >= 11 is 0. The van der Waals surface area contributed by atoms with Crippen molar-refractivity contribution in [2.75, 3.05) is 41.0 Å². The van der Waals surface area contributed by atoms with E-state index in [0.717, 1.165) is 32.1 Å². The molecule has 0 aliphatic heterocycles. The second-order valence-corrected chi connectivity index (χ2v) is 16.7. The van der Waals surface area contributed by atoms with Crippen LogP contribution < -0.4 is 0 Å². The second-order valence-electron chi connectivity index (χ2n) is 16.7. The number of carbonyl (C=O) groups is 3. The number of quaternary nitrogens is 1. The van der Waals surface area contributed by atoms with E-state index in [0.29, 0.717) is 19.3 Å². The van der Waals surface area contributed by atoms with Crippen LogP contribution in [-0.4, -0.2) is 80.6 Å². The van der Waals surface area contributed by atoms with E-state index < -0.39 is 18.1 Å². The quantitative estimate of drug-likeness (QED) is 0.0285. The zero-order valence-electron chi connectivity index (χ0n) is 36.6. The molecule has 0 aromatic carbocycles. The Morgan fingerprint density at radius 2 is 1.00 bits per heavy atom. The smallest absolute Gasteiger partial charge is 0.362 e. The summed E-state index contributed by atoms with van der Waals surface area (Å²) in [6.45, 7) is 4.69. The Bertz CT molecular complexity index is 957. The minimum absolute atomic E-state index is 0.0426. The first-order chi connectivity index (χ1) is 26.6. The number of ether oxygens (including phenoxy) is 3. The zero-order chi connectivity index (χ0) is 40.7. The Balaban J connectivity index is 4.32. The topological polar surface area (TPSA) is 99.1 Å². The third-order valence-corrected chi connectivity index (χ3v) is 10.4. The van der Waals surface area contributed by atoms with E-state index in [1.807, 2.05) is 27.2 Å². The lowest BCUT2D eigenvalue weighted by molar-refractivity contribution is -0.887. The number of hydrogen-bond donors (Lipinski definition) is 1. The van der Waals surface area contributed by atoms with Gasteiger partial charge in [-0.25, -0.2) is 4.79 Å². The van der Waals surface area contributed by atoms with Gasteiger partial charge in [0.1, 0.15) is 6.61 Å². The van der Waals surface area contributed by atoms with Crippen molar-refractivity contribution in [1.29, 1.82) is 0 Å². The van der Waals surface area contributed by atoms with Crippen LogP contribution in [0.5, 0.6) is 0 Å². The average molecular weight is 779 g/mol. The van der Waals surface area contributed by atoms with Crippen LogP contribution >= 0.6 is 0 Å². The molecular formula is C47H88NO7+. The van der Waals surface area contributed by atoms with Crippen molar-refractivity contribution in [1.82, 2.24) is 0 Å². The van der Waals surface area contributed by atoms with E-state index in [2.05, 4.69) is 32.1 Å². The number of rotatable bonds is 41. The van der Waals surface area contributed by atoms with Gasteiger partial charge in [0, 0.05) is 19.3 Å². The summed E-state index contributed by atoms with van der Waals surface area (Å²) in [7, 11) is 5.51. The maximum Gasteiger partial charge on any atom is 0.362 e. The second kappa shape index (κ2) is 38.7. The normalized spacial score (nSPS) is 13.1. The van der Waals surface area contributed by atoms with Gasteiger partial charge in [-0.2, -0.15) is 0 Å². The number of aliphatic carboxylic acids is 1. The Morgan fingerprint density at radius 3 is 1.47 bits per heavy atom. The fraction of sp³-hybridized carbons (Fsp3) is 0.851. The SMILES string of the molecule is CCCCCCCC/C=C/C/C=C/CCC(=O)OC(COCCC(C(=O)O)[N+](C)(C)C)COC(=O)CCCCCCCCCCCCCCCCCCCC. The molecule has 1 N–H and O–H groups in total. The molecule has 0 heterocycles. The van der Waals surface area contributed by atoms with Crippen LogP contribution in [0.25, 0.3) is 0 Å². The Morgan fingerprint density at radius 1 is 0.545 bits per heavy atom. The molecule has 322 valence electrons. The molecule has 0 rings (SSSR count). The lowest BCUT2D eigenvalue weighted by Gasteiger charge is -2.31. The minimum atomic E-state index is -0.881. The lowest BCUT2D eigenvalue weighted by atomic mass is 10.0. The van der Waals surface area contributed by atoms with E-state index in [9.17, 15) is 19.5 Å². The molecule has 0 radical (unpaired) electrons. The van der Waals surface area contributed by atoms with Crippen molar-refractivity contribution in [3.05, 3.63) is 24.3 Å². The van der Waals surface area contributed by atoms with Crippen LogP contribution in [-0.2, 0) is 28.6 Å². The highest BCUT2D eigenvalue weighted by Crippen LogP contribution is 2.15. The van der Waals surface area contributed by atoms with Gasteiger partial charge in [0.2, 0.25) is 0 Å². The molecule has 0 aromatic heterocycles. The van der Waals surface area contributed by atoms with Crippen LogP contribution in [0.3, 0.4) is 0 Å². The summed E-state index contributed by atoms with van der Waals surface area (Å²) in [5.74, 6) is -1.54. The van der Waals surface area contributed by atoms with E-state index in [4.69, 9.17) is 14.2 Å². The summed E-state index contributed by atoms with van der Waals surface area (Å²) in [6.07, 6.45) is 42.4. The third-order valence-electron chi connectivity index (χ3n) is 10.4. The molecule has 2 unspecified atom stereocenters. The zero-order valence-corrected chi connectivity index (χ0v) is 36.6. The van der Waals surface area contributed by atoms with Crippen molar-refractivity contribution in [2.45, 2.75) is 219 Å². The molecule has 0 saturated carbocycles. The summed E-state index contributed by atoms with van der Waals surface area (Å²) in [5, 5.41) is 9.61. The summed E-state index contributed by atoms with van der Waals surface area (Å²) in [4.78, 5) is 36.9. The monoisotopic (exact) mass is 779 g/mol. The Labute approximate surface area is 339 Å². The highest BCUT2D eigenvalue weighted by atomic mass is 16.6. The molecule has 0 aliphatic carbocycles. The molecule has 0 amide bonds. The van der Waals surface area contributed by atoms with E-state index in [1.54, 1.807) is 0 Å². The van der Waals surface area contributed by atoms with Crippen LogP contribution in [0.1, 0.15) is 206 Å². The predicted octanol–water partition coefficient (Wildman–Crippen LogP) is 12.5. The fourth-order valence-electron chi connectivity index (χ4n) is 6.79. The molecule has 2 atom stereocenters.